The summed E-state index contributed by atoms with van der Waals surface area (Å²) < 4.78 is 37.0. The van der Waals surface area contributed by atoms with Crippen LogP contribution in [0, 0.1) is 11.6 Å². The topological polar surface area (TPSA) is 87.7 Å². The van der Waals surface area contributed by atoms with E-state index in [1.807, 2.05) is 0 Å². The summed E-state index contributed by atoms with van der Waals surface area (Å²) in [7, 11) is 1.34. The van der Waals surface area contributed by atoms with Crippen molar-refractivity contribution in [3.63, 3.8) is 0 Å². The van der Waals surface area contributed by atoms with Crippen LogP contribution in [0.5, 0.6) is 11.5 Å². The Labute approximate surface area is 142 Å². The summed E-state index contributed by atoms with van der Waals surface area (Å²) >= 11 is 0. The maximum absolute atomic E-state index is 13.7. The van der Waals surface area contributed by atoms with Crippen LogP contribution in [0.1, 0.15) is 27.6 Å². The van der Waals surface area contributed by atoms with Crippen LogP contribution in [0.3, 0.4) is 0 Å². The molecule has 0 bridgehead atoms. The first kappa shape index (κ1) is 18.2. The average molecular weight is 350 g/mol. The number of nitrogens with one attached hydrogen (secondary N) is 1. The smallest absolute Gasteiger partial charge is 0.258 e. The molecular weight excluding hydrogens is 336 g/mol. The van der Waals surface area contributed by atoms with Crippen molar-refractivity contribution in [1.82, 2.24) is 0 Å². The Morgan fingerprint density at radius 3 is 2.40 bits per heavy atom. The van der Waals surface area contributed by atoms with Crippen molar-refractivity contribution in [3.05, 3.63) is 53.1 Å². The fraction of sp³-hybridized carbons (Fsp3) is 0.176. The zero-order valence-corrected chi connectivity index (χ0v) is 13.4. The molecule has 0 aliphatic heterocycles. The zero-order chi connectivity index (χ0) is 18.6. The number of halogens is 2. The third kappa shape index (κ3) is 4.03. The molecule has 132 valence electrons. The van der Waals surface area contributed by atoms with Gasteiger partial charge in [-0.25, -0.2) is 8.78 Å². The molecule has 0 fully saturated rings. The number of aromatic carboxylic acids is 1. The fourth-order valence-electron chi connectivity index (χ4n) is 2.12. The maximum Gasteiger partial charge on any atom is 0.258 e. The lowest BCUT2D eigenvalue weighted by atomic mass is 10.1. The van der Waals surface area contributed by atoms with Crippen LogP contribution in [0.25, 0.3) is 0 Å². The normalized spacial score (nSPS) is 10.2. The highest BCUT2D eigenvalue weighted by atomic mass is 19.1. The van der Waals surface area contributed by atoms with Crippen LogP contribution in [0.4, 0.5) is 14.5 Å². The third-order valence-corrected chi connectivity index (χ3v) is 3.25. The van der Waals surface area contributed by atoms with E-state index in [2.05, 4.69) is 5.32 Å². The molecule has 6 nitrogen and oxygen atoms in total. The molecule has 0 spiro atoms. The minimum absolute atomic E-state index is 0.148. The highest BCUT2D eigenvalue weighted by molar-refractivity contribution is 6.08. The van der Waals surface area contributed by atoms with Crippen molar-refractivity contribution >= 4 is 17.6 Å². The quantitative estimate of drug-likeness (QED) is 0.861. The Kier molecular flexibility index (Phi) is 5.53. The molecule has 2 rings (SSSR count). The Bertz CT molecular complexity index is 823. The van der Waals surface area contributed by atoms with Crippen LogP contribution in [-0.4, -0.2) is 25.6 Å². The number of anilines is 1. The Morgan fingerprint density at radius 2 is 1.84 bits per heavy atom. The number of carboxylic acid groups (broad SMARTS) is 1. The monoisotopic (exact) mass is 350 g/mol. The number of hydrogen-bond acceptors (Lipinski definition) is 5. The predicted molar refractivity (Wildman–Crippen MR) is 82.8 cm³/mol. The van der Waals surface area contributed by atoms with Gasteiger partial charge in [0.25, 0.3) is 5.91 Å². The molecule has 0 heterocycles. The zero-order valence-electron chi connectivity index (χ0n) is 13.4. The van der Waals surface area contributed by atoms with Gasteiger partial charge >= 0.3 is 0 Å². The standard InChI is InChI=1S/C17H15F2NO5/c1-3-25-15-7-11(17(22)23)13(8-14(15)24-2)20-16(21)10-5-4-9(18)6-12(10)19/h4-8H,3H2,1-2H3,(H,20,21)(H,22,23)/p-1. The van der Waals surface area contributed by atoms with E-state index in [0.717, 1.165) is 18.2 Å². The lowest BCUT2D eigenvalue weighted by molar-refractivity contribution is -0.254. The minimum Gasteiger partial charge on any atom is -0.545 e. The molecule has 8 heteroatoms. The summed E-state index contributed by atoms with van der Waals surface area (Å²) in [6.07, 6.45) is 0. The molecule has 0 aliphatic rings. The van der Waals surface area contributed by atoms with Gasteiger partial charge in [0.2, 0.25) is 0 Å². The molecule has 0 unspecified atom stereocenters. The van der Waals surface area contributed by atoms with E-state index in [9.17, 15) is 23.5 Å². The summed E-state index contributed by atoms with van der Waals surface area (Å²) in [5.74, 6) is -4.13. The van der Waals surface area contributed by atoms with Gasteiger partial charge in [0, 0.05) is 17.7 Å². The summed E-state index contributed by atoms with van der Waals surface area (Å²) in [5.41, 5.74) is -0.993. The molecule has 0 atom stereocenters. The highest BCUT2D eigenvalue weighted by Gasteiger charge is 2.17. The SMILES string of the molecule is CCOc1cc(C(=O)[O-])c(NC(=O)c2ccc(F)cc2F)cc1OC. The average Bonchev–Trinajstić information content (AvgIpc) is 2.55. The van der Waals surface area contributed by atoms with Crippen molar-refractivity contribution in [2.75, 3.05) is 19.0 Å². The van der Waals surface area contributed by atoms with Gasteiger partial charge in [0.1, 0.15) is 11.6 Å². The molecular formula is C17H14F2NO5-. The van der Waals surface area contributed by atoms with Crippen molar-refractivity contribution < 1.29 is 33.0 Å². The number of benzene rings is 2. The molecule has 0 aromatic heterocycles. The predicted octanol–water partition coefficient (Wildman–Crippen LogP) is 1.99. The van der Waals surface area contributed by atoms with Crippen LogP contribution in [-0.2, 0) is 0 Å². The molecule has 0 saturated carbocycles. The van der Waals surface area contributed by atoms with E-state index in [1.165, 1.54) is 13.2 Å². The van der Waals surface area contributed by atoms with Crippen LogP contribution in [0.2, 0.25) is 0 Å². The largest absolute Gasteiger partial charge is 0.545 e. The second-order valence-electron chi connectivity index (χ2n) is 4.85. The summed E-state index contributed by atoms with van der Waals surface area (Å²) in [5, 5.41) is 13.6. The van der Waals surface area contributed by atoms with Crippen molar-refractivity contribution in [2.24, 2.45) is 0 Å². The van der Waals surface area contributed by atoms with E-state index in [4.69, 9.17) is 9.47 Å². The molecule has 25 heavy (non-hydrogen) atoms. The van der Waals surface area contributed by atoms with E-state index in [-0.39, 0.29) is 29.4 Å². The number of hydrogen-bond donors (Lipinski definition) is 1. The van der Waals surface area contributed by atoms with Crippen molar-refractivity contribution in [3.8, 4) is 11.5 Å². The molecule has 0 aliphatic carbocycles. The number of carbonyl (C=O) groups excluding carboxylic acids is 2. The summed E-state index contributed by atoms with van der Waals surface area (Å²) in [6.45, 7) is 1.96. The lowest BCUT2D eigenvalue weighted by Crippen LogP contribution is -2.25. The number of rotatable bonds is 6. The minimum atomic E-state index is -1.57. The Balaban J connectivity index is 2.43. The molecule has 2 aromatic carbocycles. The Morgan fingerprint density at radius 1 is 1.12 bits per heavy atom. The first-order valence-corrected chi connectivity index (χ1v) is 7.20. The van der Waals surface area contributed by atoms with Gasteiger partial charge in [-0.05, 0) is 25.1 Å². The van der Waals surface area contributed by atoms with E-state index in [1.54, 1.807) is 6.92 Å². The second-order valence-corrected chi connectivity index (χ2v) is 4.85. The van der Waals surface area contributed by atoms with E-state index < -0.39 is 29.1 Å². The first-order valence-electron chi connectivity index (χ1n) is 7.20. The van der Waals surface area contributed by atoms with Crippen molar-refractivity contribution in [2.45, 2.75) is 6.92 Å². The maximum atomic E-state index is 13.7. The number of carboxylic acids is 1. The van der Waals surface area contributed by atoms with Gasteiger partial charge in [-0.15, -0.1) is 0 Å². The lowest BCUT2D eigenvalue weighted by Gasteiger charge is -2.17. The Hall–Kier alpha value is -3.16. The van der Waals surface area contributed by atoms with Gasteiger partial charge in [-0.1, -0.05) is 0 Å². The van der Waals surface area contributed by atoms with Crippen LogP contribution < -0.4 is 19.9 Å². The molecule has 0 saturated heterocycles. The van der Waals surface area contributed by atoms with Crippen LogP contribution in [0.15, 0.2) is 30.3 Å². The molecule has 1 amide bonds. The van der Waals surface area contributed by atoms with E-state index in [0.29, 0.717) is 6.07 Å². The van der Waals surface area contributed by atoms with Gasteiger partial charge in [-0.3, -0.25) is 4.79 Å². The second kappa shape index (κ2) is 7.61. The number of amides is 1. The number of methoxy groups -OCH3 is 1. The van der Waals surface area contributed by atoms with Crippen LogP contribution >= 0.6 is 0 Å². The van der Waals surface area contributed by atoms with Gasteiger partial charge in [0.05, 0.1) is 30.9 Å². The third-order valence-electron chi connectivity index (χ3n) is 3.25. The number of carbonyl (C=O) groups is 2. The fourth-order valence-corrected chi connectivity index (χ4v) is 2.12. The van der Waals surface area contributed by atoms with Crippen molar-refractivity contribution in [1.29, 1.82) is 0 Å². The summed E-state index contributed by atoms with van der Waals surface area (Å²) in [4.78, 5) is 23.5. The number of ether oxygens (including phenoxy) is 2. The van der Waals surface area contributed by atoms with Gasteiger partial charge in [0.15, 0.2) is 11.5 Å². The van der Waals surface area contributed by atoms with Gasteiger partial charge in [-0.2, -0.15) is 0 Å². The first-order chi connectivity index (χ1) is 11.9. The highest BCUT2D eigenvalue weighted by Crippen LogP contribution is 2.33. The van der Waals surface area contributed by atoms with Gasteiger partial charge < -0.3 is 24.7 Å². The molecule has 0 radical (unpaired) electrons. The molecule has 2 aromatic rings. The summed E-state index contributed by atoms with van der Waals surface area (Å²) in [6, 6.07) is 4.76. The molecule has 1 N–H and O–H groups in total. The van der Waals surface area contributed by atoms with E-state index >= 15 is 0 Å².